The van der Waals surface area contributed by atoms with Gasteiger partial charge in [0.2, 0.25) is 0 Å². The van der Waals surface area contributed by atoms with Gasteiger partial charge in [-0.2, -0.15) is 0 Å². The van der Waals surface area contributed by atoms with Gasteiger partial charge >= 0.3 is 17.8 Å². The lowest BCUT2D eigenvalue weighted by Crippen LogP contribution is -2.30. The number of amides is 4. The number of halogens is 1. The molecule has 1 aliphatic rings. The highest BCUT2D eigenvalue weighted by atomic mass is 19.1. The first-order valence-corrected chi connectivity index (χ1v) is 4.46. The van der Waals surface area contributed by atoms with Gasteiger partial charge in [-0.3, -0.25) is 14.9 Å². The Hall–Kier alpha value is -2.24. The predicted octanol–water partition coefficient (Wildman–Crippen LogP) is 0.717. The van der Waals surface area contributed by atoms with Gasteiger partial charge in [0.1, 0.15) is 5.82 Å². The van der Waals surface area contributed by atoms with E-state index in [-0.39, 0.29) is 5.69 Å². The fourth-order valence-electron chi connectivity index (χ4n) is 1.36. The molecule has 6 heteroatoms. The maximum Gasteiger partial charge on any atom is 0.336 e. The molecule has 1 heterocycles. The van der Waals surface area contributed by atoms with E-state index < -0.39 is 23.7 Å². The van der Waals surface area contributed by atoms with Crippen molar-refractivity contribution in [3.63, 3.8) is 0 Å². The van der Waals surface area contributed by atoms with Gasteiger partial charge in [0.05, 0.1) is 5.69 Å². The van der Waals surface area contributed by atoms with Crippen LogP contribution in [-0.2, 0) is 9.59 Å². The van der Waals surface area contributed by atoms with Crippen molar-refractivity contribution < 1.29 is 18.8 Å². The first-order chi connectivity index (χ1) is 7.50. The normalized spacial score (nSPS) is 15.6. The molecule has 0 radical (unpaired) electrons. The molecular weight excluding hydrogens is 215 g/mol. The Balaban J connectivity index is 2.45. The predicted molar refractivity (Wildman–Crippen MR) is 52.2 cm³/mol. The fourth-order valence-corrected chi connectivity index (χ4v) is 1.36. The summed E-state index contributed by atoms with van der Waals surface area (Å²) in [7, 11) is 0. The van der Waals surface area contributed by atoms with Gasteiger partial charge in [0, 0.05) is 0 Å². The summed E-state index contributed by atoms with van der Waals surface area (Å²) in [4.78, 5) is 34.0. The molecule has 82 valence electrons. The Morgan fingerprint density at radius 1 is 1.25 bits per heavy atom. The quantitative estimate of drug-likeness (QED) is 0.562. The van der Waals surface area contributed by atoms with Crippen molar-refractivity contribution >= 4 is 23.5 Å². The van der Waals surface area contributed by atoms with Gasteiger partial charge in [-0.05, 0) is 24.6 Å². The number of hydrogen-bond donors (Lipinski definition) is 1. The van der Waals surface area contributed by atoms with E-state index in [0.29, 0.717) is 10.5 Å². The molecule has 0 saturated carbocycles. The van der Waals surface area contributed by atoms with Gasteiger partial charge in [-0.25, -0.2) is 14.1 Å². The van der Waals surface area contributed by atoms with Crippen molar-refractivity contribution in [3.8, 4) is 0 Å². The number of rotatable bonds is 1. The molecule has 0 unspecified atom stereocenters. The summed E-state index contributed by atoms with van der Waals surface area (Å²) < 4.78 is 13.2. The van der Waals surface area contributed by atoms with Crippen molar-refractivity contribution in [2.45, 2.75) is 6.92 Å². The molecule has 4 amide bonds. The van der Waals surface area contributed by atoms with E-state index in [4.69, 9.17) is 0 Å². The second kappa shape index (κ2) is 3.41. The molecule has 1 aromatic carbocycles. The van der Waals surface area contributed by atoms with E-state index in [9.17, 15) is 18.8 Å². The zero-order valence-corrected chi connectivity index (χ0v) is 8.28. The zero-order chi connectivity index (χ0) is 11.9. The molecule has 1 fully saturated rings. The molecule has 0 atom stereocenters. The maximum atomic E-state index is 13.2. The van der Waals surface area contributed by atoms with Crippen LogP contribution in [0.25, 0.3) is 0 Å². The third kappa shape index (κ3) is 1.44. The van der Waals surface area contributed by atoms with Gasteiger partial charge in [0.25, 0.3) is 0 Å². The minimum atomic E-state index is -1.01. The van der Waals surface area contributed by atoms with Crippen LogP contribution in [0.4, 0.5) is 14.9 Å². The van der Waals surface area contributed by atoms with Crippen molar-refractivity contribution in [1.29, 1.82) is 0 Å². The molecule has 2 rings (SSSR count). The molecule has 0 aromatic heterocycles. The number of urea groups is 1. The van der Waals surface area contributed by atoms with Crippen LogP contribution in [-0.4, -0.2) is 17.8 Å². The Labute approximate surface area is 89.8 Å². The first-order valence-electron chi connectivity index (χ1n) is 4.46. The van der Waals surface area contributed by atoms with Gasteiger partial charge in [-0.1, -0.05) is 6.07 Å². The average molecular weight is 222 g/mol. The molecule has 1 saturated heterocycles. The van der Waals surface area contributed by atoms with E-state index in [1.807, 2.05) is 5.32 Å². The van der Waals surface area contributed by atoms with Crippen LogP contribution in [0.3, 0.4) is 0 Å². The summed E-state index contributed by atoms with van der Waals surface area (Å²) in [5, 5.41) is 1.83. The Morgan fingerprint density at radius 2 is 1.94 bits per heavy atom. The van der Waals surface area contributed by atoms with Crippen LogP contribution in [0.15, 0.2) is 18.2 Å². The van der Waals surface area contributed by atoms with Crippen molar-refractivity contribution in [3.05, 3.63) is 29.6 Å². The largest absolute Gasteiger partial charge is 0.336 e. The molecule has 0 bridgehead atoms. The molecule has 5 nitrogen and oxygen atoms in total. The lowest BCUT2D eigenvalue weighted by molar-refractivity contribution is -0.134. The minimum absolute atomic E-state index is 0.0384. The van der Waals surface area contributed by atoms with E-state index in [1.165, 1.54) is 12.1 Å². The number of anilines is 1. The molecular formula is C10H7FN2O3. The van der Waals surface area contributed by atoms with Gasteiger partial charge in [-0.15, -0.1) is 0 Å². The fraction of sp³-hybridized carbons (Fsp3) is 0.100. The van der Waals surface area contributed by atoms with Crippen LogP contribution in [0.5, 0.6) is 0 Å². The van der Waals surface area contributed by atoms with E-state index in [1.54, 1.807) is 6.92 Å². The number of nitrogens with one attached hydrogen (secondary N) is 1. The summed E-state index contributed by atoms with van der Waals surface area (Å²) in [6, 6.07) is 2.99. The van der Waals surface area contributed by atoms with Crippen LogP contribution in [0, 0.1) is 12.7 Å². The van der Waals surface area contributed by atoms with Gasteiger partial charge in [0.15, 0.2) is 0 Å². The SMILES string of the molecule is Cc1ccc(N2C(=O)NC(=O)C2=O)cc1F. The molecule has 1 N–H and O–H groups in total. The number of hydrogen-bond acceptors (Lipinski definition) is 3. The smallest absolute Gasteiger partial charge is 0.269 e. The molecule has 1 aromatic rings. The molecule has 0 spiro atoms. The van der Waals surface area contributed by atoms with E-state index >= 15 is 0 Å². The summed E-state index contributed by atoms with van der Waals surface area (Å²) in [6.07, 6.45) is 0. The highest BCUT2D eigenvalue weighted by Crippen LogP contribution is 2.20. The highest BCUT2D eigenvalue weighted by Gasteiger charge is 2.38. The Bertz CT molecular complexity index is 513. The lowest BCUT2D eigenvalue weighted by atomic mass is 10.2. The number of aryl methyl sites for hydroxylation is 1. The van der Waals surface area contributed by atoms with Crippen LogP contribution >= 0.6 is 0 Å². The van der Waals surface area contributed by atoms with Crippen LogP contribution in [0.1, 0.15) is 5.56 Å². The van der Waals surface area contributed by atoms with E-state index in [0.717, 1.165) is 6.07 Å². The number of benzene rings is 1. The second-order valence-electron chi connectivity index (χ2n) is 3.33. The van der Waals surface area contributed by atoms with Crippen molar-refractivity contribution in [2.75, 3.05) is 4.90 Å². The Kier molecular flexibility index (Phi) is 2.19. The number of carbonyl (C=O) groups is 3. The third-order valence-electron chi connectivity index (χ3n) is 2.23. The lowest BCUT2D eigenvalue weighted by Gasteiger charge is -2.11. The third-order valence-corrected chi connectivity index (χ3v) is 2.23. The topological polar surface area (TPSA) is 66.5 Å². The summed E-state index contributed by atoms with van der Waals surface area (Å²) in [6.45, 7) is 1.55. The molecule has 0 aliphatic carbocycles. The second-order valence-corrected chi connectivity index (χ2v) is 3.33. The zero-order valence-electron chi connectivity index (χ0n) is 8.28. The standard InChI is InChI=1S/C10H7FN2O3/c1-5-2-3-6(4-7(5)11)13-9(15)8(14)12-10(13)16/h2-4H,1H3,(H,12,14,16). The summed E-state index contributed by atoms with van der Waals surface area (Å²) in [5.41, 5.74) is 0.429. The van der Waals surface area contributed by atoms with Crippen molar-refractivity contribution in [1.82, 2.24) is 5.32 Å². The van der Waals surface area contributed by atoms with E-state index in [2.05, 4.69) is 0 Å². The summed E-state index contributed by atoms with van der Waals surface area (Å²) >= 11 is 0. The number of nitrogens with zero attached hydrogens (tertiary/aromatic N) is 1. The minimum Gasteiger partial charge on any atom is -0.269 e. The first kappa shape index (κ1) is 10.3. The molecule has 1 aliphatic heterocycles. The highest BCUT2D eigenvalue weighted by molar-refractivity contribution is 6.53. The Morgan fingerprint density at radius 3 is 2.44 bits per heavy atom. The van der Waals surface area contributed by atoms with Gasteiger partial charge < -0.3 is 0 Å². The van der Waals surface area contributed by atoms with Crippen LogP contribution in [0.2, 0.25) is 0 Å². The van der Waals surface area contributed by atoms with Crippen LogP contribution < -0.4 is 10.2 Å². The average Bonchev–Trinajstić information content (AvgIpc) is 2.47. The number of carbonyl (C=O) groups excluding carboxylic acids is 3. The molecule has 16 heavy (non-hydrogen) atoms. The number of imide groups is 2. The van der Waals surface area contributed by atoms with Crippen molar-refractivity contribution in [2.24, 2.45) is 0 Å². The summed E-state index contributed by atoms with van der Waals surface area (Å²) in [5.74, 6) is -2.56. The maximum absolute atomic E-state index is 13.2. The monoisotopic (exact) mass is 222 g/mol.